The summed E-state index contributed by atoms with van der Waals surface area (Å²) in [5, 5.41) is 111. The van der Waals surface area contributed by atoms with Crippen molar-refractivity contribution < 1.29 is 79.6 Å². The van der Waals surface area contributed by atoms with Gasteiger partial charge in [-0.2, -0.15) is 0 Å². The number of carbonyl (C=O) groups is 2. The fourth-order valence-electron chi connectivity index (χ4n) is 7.77. The van der Waals surface area contributed by atoms with E-state index in [0.29, 0.717) is 0 Å². The van der Waals surface area contributed by atoms with Crippen LogP contribution in [-0.4, -0.2) is 167 Å². The van der Waals surface area contributed by atoms with Gasteiger partial charge in [-0.3, -0.25) is 9.59 Å². The summed E-state index contributed by atoms with van der Waals surface area (Å²) in [6.07, 6.45) is 10.9. The largest absolute Gasteiger partial charge is 0.462 e. The van der Waals surface area contributed by atoms with Crippen molar-refractivity contribution in [3.63, 3.8) is 0 Å². The minimum absolute atomic E-state index is 0.0966. The number of amides is 1. The average Bonchev–Trinajstić information content (AvgIpc) is 3.23. The van der Waals surface area contributed by atoms with Crippen LogP contribution in [0.1, 0.15) is 71.6 Å². The normalized spacial score (nSPS) is 42.5. The van der Waals surface area contributed by atoms with Crippen LogP contribution in [-0.2, 0) is 28.5 Å². The van der Waals surface area contributed by atoms with Crippen molar-refractivity contribution >= 4 is 11.9 Å². The molecule has 3 aliphatic rings. The number of allylic oxidation sites excluding steroid dienone is 12. The molecule has 0 radical (unpaired) electrons. The zero-order valence-electron chi connectivity index (χ0n) is 37.7. The zero-order valence-corrected chi connectivity index (χ0v) is 37.7. The lowest BCUT2D eigenvalue weighted by atomic mass is 9.82. The van der Waals surface area contributed by atoms with Crippen LogP contribution in [0.25, 0.3) is 0 Å². The molecule has 1 amide bonds. The minimum atomic E-state index is -2.28. The summed E-state index contributed by atoms with van der Waals surface area (Å²) >= 11 is 0. The van der Waals surface area contributed by atoms with Crippen LogP contribution in [0.15, 0.2) is 85.1 Å². The molecule has 18 heteroatoms. The maximum Gasteiger partial charge on any atom is 0.308 e. The molecule has 2 fully saturated rings. The van der Waals surface area contributed by atoms with Crippen LogP contribution in [0.2, 0.25) is 0 Å². The molecule has 0 aromatic carbocycles. The summed E-state index contributed by atoms with van der Waals surface area (Å²) in [5.41, 5.74) is 5.98. The molecule has 66 heavy (non-hydrogen) atoms. The lowest BCUT2D eigenvalue weighted by molar-refractivity contribution is -0.304. The highest BCUT2D eigenvalue weighted by Gasteiger charge is 2.50. The van der Waals surface area contributed by atoms with Gasteiger partial charge in [0.1, 0.15) is 12.2 Å². The van der Waals surface area contributed by atoms with Crippen LogP contribution >= 0.6 is 0 Å². The van der Waals surface area contributed by atoms with Crippen molar-refractivity contribution in [1.29, 1.82) is 0 Å². The minimum Gasteiger partial charge on any atom is -0.462 e. The van der Waals surface area contributed by atoms with Gasteiger partial charge in [0.05, 0.1) is 92.6 Å². The fraction of sp³-hybridized carbons (Fsp3) is 0.625. The number of aliphatic hydroxyl groups excluding tert-OH is 9. The molecule has 370 valence electrons. The number of ether oxygens (including phenoxy) is 4. The van der Waals surface area contributed by atoms with Gasteiger partial charge in [0.25, 0.3) is 0 Å². The van der Waals surface area contributed by atoms with Crippen molar-refractivity contribution in [3.05, 3.63) is 85.1 Å². The van der Waals surface area contributed by atoms with Crippen molar-refractivity contribution in [3.8, 4) is 12.3 Å². The number of hydrogen-bond donors (Lipinski definition) is 12. The lowest BCUT2D eigenvalue weighted by Gasteiger charge is -2.45. The van der Waals surface area contributed by atoms with Crippen LogP contribution in [0, 0.1) is 24.2 Å². The first-order chi connectivity index (χ1) is 31.3. The lowest BCUT2D eigenvalue weighted by Crippen LogP contribution is -2.59. The van der Waals surface area contributed by atoms with Crippen LogP contribution in [0.3, 0.4) is 0 Å². The van der Waals surface area contributed by atoms with Gasteiger partial charge in [0.15, 0.2) is 12.1 Å². The highest BCUT2D eigenvalue weighted by atomic mass is 16.7. The Hall–Kier alpha value is -3.88. The Morgan fingerprint density at radius 2 is 1.36 bits per heavy atom. The van der Waals surface area contributed by atoms with E-state index in [2.05, 4.69) is 11.2 Å². The predicted molar refractivity (Wildman–Crippen MR) is 242 cm³/mol. The highest BCUT2D eigenvalue weighted by molar-refractivity contribution is 5.80. The summed E-state index contributed by atoms with van der Waals surface area (Å²) in [5.74, 6) is -3.00. The number of esters is 1. The molecule has 2 bridgehead atoms. The van der Waals surface area contributed by atoms with E-state index in [1.807, 2.05) is 31.2 Å². The van der Waals surface area contributed by atoms with E-state index < -0.39 is 135 Å². The van der Waals surface area contributed by atoms with Gasteiger partial charge in [-0.25, -0.2) is 0 Å². The molecule has 3 aliphatic heterocycles. The van der Waals surface area contributed by atoms with E-state index >= 15 is 0 Å². The standard InChI is InChI=1S/C48H72N2O16/c1-4-21-50-46(61)43-39(57)28-48(62)27-34(53)24-38(56)36(54)20-19-32(51)23-33(52)25-42(59)64-31(3)22-37(55)30(2)17-15-13-11-9-7-5-6-8-10-12-14-16-18-35(26-41(43)66-48)65-47-45(60)44(49)40(58)29-63-47/h1,5-18,30-41,43-45,47,51-58,60,62H,19-29,49H2,2-3H3,(H,50,61)/b6-5+,9-7+,10-8+,13-11+,14-12+,17-15+,18-16+/t30-,31-,32?,33?,34?,35?,36?,37-,38?,39-,40+,41-,43+,44-,45-,47-,48?/m0/s1. The van der Waals surface area contributed by atoms with Crippen molar-refractivity contribution in [1.82, 2.24) is 5.32 Å². The Kier molecular flexibility index (Phi) is 24.9. The number of carbonyl (C=O) groups excluding carboxylic acids is 2. The quantitative estimate of drug-likeness (QED) is 0.128. The molecule has 0 aromatic heterocycles. The monoisotopic (exact) mass is 932 g/mol. The van der Waals surface area contributed by atoms with E-state index in [0.717, 1.165) is 0 Å². The molecule has 18 nitrogen and oxygen atoms in total. The first-order valence-electron chi connectivity index (χ1n) is 22.5. The van der Waals surface area contributed by atoms with E-state index in [1.54, 1.807) is 67.7 Å². The fourth-order valence-corrected chi connectivity index (χ4v) is 7.77. The van der Waals surface area contributed by atoms with Gasteiger partial charge >= 0.3 is 5.97 Å². The molecule has 3 rings (SSSR count). The van der Waals surface area contributed by atoms with E-state index in [9.17, 15) is 60.7 Å². The van der Waals surface area contributed by atoms with Crippen molar-refractivity contribution in [2.75, 3.05) is 13.2 Å². The number of cyclic esters (lactones) is 1. The molecule has 0 aliphatic carbocycles. The molecule has 0 spiro atoms. The molecule has 3 heterocycles. The Balaban J connectivity index is 1.88. The first kappa shape index (κ1) is 56.4. The third kappa shape index (κ3) is 20.1. The van der Waals surface area contributed by atoms with Gasteiger partial charge in [0, 0.05) is 38.0 Å². The second-order valence-corrected chi connectivity index (χ2v) is 17.3. The maximum absolute atomic E-state index is 13.4. The summed E-state index contributed by atoms with van der Waals surface area (Å²) in [6, 6.07) is -1.11. The smallest absolute Gasteiger partial charge is 0.308 e. The maximum atomic E-state index is 13.4. The van der Waals surface area contributed by atoms with Gasteiger partial charge in [0.2, 0.25) is 5.91 Å². The van der Waals surface area contributed by atoms with Gasteiger partial charge in [-0.05, 0) is 26.2 Å². The Labute approximate surface area is 387 Å². The Morgan fingerprint density at radius 3 is 1.98 bits per heavy atom. The second-order valence-electron chi connectivity index (χ2n) is 17.3. The molecular formula is C48H72N2O16. The highest BCUT2D eigenvalue weighted by Crippen LogP contribution is 2.38. The van der Waals surface area contributed by atoms with Gasteiger partial charge in [-0.1, -0.05) is 97.9 Å². The Morgan fingerprint density at radius 1 is 0.758 bits per heavy atom. The summed E-state index contributed by atoms with van der Waals surface area (Å²) in [7, 11) is 0. The third-order valence-electron chi connectivity index (χ3n) is 11.4. The van der Waals surface area contributed by atoms with Crippen molar-refractivity contribution in [2.24, 2.45) is 17.6 Å². The molecule has 0 saturated carbocycles. The number of aliphatic hydroxyl groups is 10. The molecular weight excluding hydrogens is 861 g/mol. The number of rotatable bonds is 4. The number of terminal acetylenes is 1. The SMILES string of the molecule is C#CCNC(=O)[C@H]1[C@@H]2CC(O[C@@H]3OC[C@@H](O)[C@H](N)[C@@H]3O)/C=C/C=C/C=C/C=C/C=C/C=C/C=C/[C@H](C)[C@@H](O)C[C@H](C)OC(=O)CC(O)CC(O)CCC(O)C(O)CC(O)CC(O)(C[C@@H]1O)O2. The van der Waals surface area contributed by atoms with E-state index in [4.69, 9.17) is 31.1 Å². The van der Waals surface area contributed by atoms with Crippen LogP contribution in [0.5, 0.6) is 0 Å². The number of nitrogens with two attached hydrogens (primary N) is 1. The molecule has 17 atom stereocenters. The second kappa shape index (κ2) is 29.1. The molecule has 0 aromatic rings. The molecule has 2 saturated heterocycles. The number of nitrogens with one attached hydrogen (secondary N) is 1. The number of hydrogen-bond acceptors (Lipinski definition) is 17. The summed E-state index contributed by atoms with van der Waals surface area (Å²) in [4.78, 5) is 25.9. The first-order valence-corrected chi connectivity index (χ1v) is 22.5. The Bertz CT molecular complexity index is 1730. The third-order valence-corrected chi connectivity index (χ3v) is 11.4. The molecule has 7 unspecified atom stereocenters. The molecule has 13 N–H and O–H groups in total. The predicted octanol–water partition coefficient (Wildman–Crippen LogP) is -0.258. The van der Waals surface area contributed by atoms with Crippen molar-refractivity contribution in [2.45, 2.75) is 163 Å². The average molecular weight is 933 g/mol. The summed E-state index contributed by atoms with van der Waals surface area (Å²) < 4.78 is 23.1. The topological polar surface area (TPSA) is 311 Å². The van der Waals surface area contributed by atoms with Crippen LogP contribution in [0.4, 0.5) is 0 Å². The van der Waals surface area contributed by atoms with Gasteiger partial charge in [-0.15, -0.1) is 6.42 Å². The number of fused-ring (bicyclic) bond motifs is 2. The zero-order chi connectivity index (χ0) is 48.8. The summed E-state index contributed by atoms with van der Waals surface area (Å²) in [6.45, 7) is 3.01. The van der Waals surface area contributed by atoms with E-state index in [1.165, 1.54) is 0 Å². The van der Waals surface area contributed by atoms with E-state index in [-0.39, 0.29) is 51.2 Å². The van der Waals surface area contributed by atoms with Gasteiger partial charge < -0.3 is 81.1 Å². The van der Waals surface area contributed by atoms with Crippen LogP contribution < -0.4 is 11.1 Å².